The Labute approximate surface area is 112 Å². The lowest BCUT2D eigenvalue weighted by Gasteiger charge is -2.39. The van der Waals surface area contributed by atoms with E-state index in [1.807, 2.05) is 12.1 Å². The molecule has 1 unspecified atom stereocenters. The number of esters is 1. The molecule has 1 aromatic rings. The fourth-order valence-corrected chi connectivity index (χ4v) is 3.10. The summed E-state index contributed by atoms with van der Waals surface area (Å²) in [5.41, 5.74) is 1.01. The summed E-state index contributed by atoms with van der Waals surface area (Å²) in [5, 5.41) is 0. The molecule has 0 amide bonds. The molecule has 0 N–H and O–H groups in total. The van der Waals surface area contributed by atoms with Crippen LogP contribution in [0.1, 0.15) is 26.7 Å². The monoisotopic (exact) mass is 262 g/mol. The van der Waals surface area contributed by atoms with Crippen LogP contribution in [-0.4, -0.2) is 24.3 Å². The van der Waals surface area contributed by atoms with Gasteiger partial charge in [0, 0.05) is 11.5 Å². The van der Waals surface area contributed by atoms with E-state index in [-0.39, 0.29) is 17.0 Å². The molecule has 4 heteroatoms. The second-order valence-corrected chi connectivity index (χ2v) is 5.77. The number of epoxide rings is 1. The van der Waals surface area contributed by atoms with Gasteiger partial charge in [0.05, 0.1) is 18.6 Å². The van der Waals surface area contributed by atoms with Crippen LogP contribution in [0.2, 0.25) is 0 Å². The summed E-state index contributed by atoms with van der Waals surface area (Å²) < 4.78 is 15.3. The molecule has 1 saturated carbocycles. The third-order valence-electron chi connectivity index (χ3n) is 4.31. The molecule has 0 bridgehead atoms. The first-order valence-electron chi connectivity index (χ1n) is 6.59. The van der Waals surface area contributed by atoms with E-state index in [2.05, 4.69) is 18.3 Å². The zero-order valence-electron chi connectivity index (χ0n) is 11.2. The molecular weight excluding hydrogens is 244 g/mol. The number of hydrogen-bond acceptors (Lipinski definition) is 4. The first kappa shape index (κ1) is 12.5. The van der Waals surface area contributed by atoms with Crippen molar-refractivity contribution in [2.75, 3.05) is 6.61 Å². The van der Waals surface area contributed by atoms with Crippen LogP contribution in [0.15, 0.2) is 40.7 Å². The largest absolute Gasteiger partial charge is 0.473 e. The van der Waals surface area contributed by atoms with E-state index in [1.54, 1.807) is 18.6 Å². The first-order valence-corrected chi connectivity index (χ1v) is 6.59. The minimum Gasteiger partial charge on any atom is -0.473 e. The molecule has 19 heavy (non-hydrogen) atoms. The Bertz CT molecular complexity index is 487. The highest BCUT2D eigenvalue weighted by Crippen LogP contribution is 2.58. The van der Waals surface area contributed by atoms with Crippen LogP contribution in [0.25, 0.3) is 0 Å². The number of ether oxygens (including phenoxy) is 2. The number of furan rings is 1. The summed E-state index contributed by atoms with van der Waals surface area (Å²) in [6.45, 7) is 4.76. The number of rotatable bonds is 0. The molecule has 3 aliphatic rings. The minimum absolute atomic E-state index is 0.0235. The molecule has 102 valence electrons. The van der Waals surface area contributed by atoms with Gasteiger partial charge in [0.2, 0.25) is 0 Å². The SMILES string of the molecule is CC12O[C@H]1CC[C@@]1(C)COC(=O)C=C21.c1ccoc1. The summed E-state index contributed by atoms with van der Waals surface area (Å²) in [6, 6.07) is 3.67. The van der Waals surface area contributed by atoms with E-state index in [9.17, 15) is 4.79 Å². The van der Waals surface area contributed by atoms with Gasteiger partial charge in [-0.15, -0.1) is 0 Å². The van der Waals surface area contributed by atoms with Crippen LogP contribution in [-0.2, 0) is 14.3 Å². The molecule has 0 radical (unpaired) electrons. The Morgan fingerprint density at radius 3 is 2.63 bits per heavy atom. The van der Waals surface area contributed by atoms with Crippen LogP contribution in [0.4, 0.5) is 0 Å². The fraction of sp³-hybridized carbons (Fsp3) is 0.533. The highest BCUT2D eigenvalue weighted by atomic mass is 16.6. The number of cyclic esters (lactones) is 1. The highest BCUT2D eigenvalue weighted by Gasteiger charge is 2.63. The van der Waals surface area contributed by atoms with Crippen molar-refractivity contribution in [2.24, 2.45) is 5.41 Å². The van der Waals surface area contributed by atoms with Crippen molar-refractivity contribution in [2.45, 2.75) is 38.4 Å². The fourth-order valence-electron chi connectivity index (χ4n) is 3.10. The standard InChI is InChI=1S/C11H14O3.C4H4O/c1-10-4-3-8-11(2,14-8)7(10)5-9(12)13-6-10;1-2-4-5-3-1/h5,8H,3-4,6H2,1-2H3;1-4H/t8-,10-,11?;/m0./s1. The van der Waals surface area contributed by atoms with Crippen molar-refractivity contribution >= 4 is 5.97 Å². The van der Waals surface area contributed by atoms with Crippen LogP contribution in [0, 0.1) is 5.41 Å². The molecule has 0 spiro atoms. The number of hydrogen-bond donors (Lipinski definition) is 0. The van der Waals surface area contributed by atoms with E-state index in [1.165, 1.54) is 0 Å². The van der Waals surface area contributed by atoms with Crippen molar-refractivity contribution < 1.29 is 18.7 Å². The van der Waals surface area contributed by atoms with Gasteiger partial charge in [0.1, 0.15) is 12.2 Å². The number of carbonyl (C=O) groups excluding carboxylic acids is 1. The lowest BCUT2D eigenvalue weighted by Crippen LogP contribution is -2.41. The smallest absolute Gasteiger partial charge is 0.330 e. The molecule has 3 atom stereocenters. The molecule has 0 aromatic carbocycles. The van der Waals surface area contributed by atoms with Gasteiger partial charge in [-0.1, -0.05) is 6.92 Å². The molecule has 2 fully saturated rings. The normalized spacial score (nSPS) is 38.9. The van der Waals surface area contributed by atoms with E-state index in [0.717, 1.165) is 18.4 Å². The third-order valence-corrected chi connectivity index (χ3v) is 4.31. The highest BCUT2D eigenvalue weighted by molar-refractivity contribution is 5.85. The Balaban J connectivity index is 0.000000187. The van der Waals surface area contributed by atoms with Crippen LogP contribution in [0.3, 0.4) is 0 Å². The lowest BCUT2D eigenvalue weighted by molar-refractivity contribution is -0.142. The van der Waals surface area contributed by atoms with Gasteiger partial charge < -0.3 is 13.9 Å². The molecule has 4 rings (SSSR count). The third kappa shape index (κ3) is 2.10. The van der Waals surface area contributed by atoms with Crippen molar-refractivity contribution in [3.63, 3.8) is 0 Å². The maximum absolute atomic E-state index is 11.2. The maximum atomic E-state index is 11.2. The van der Waals surface area contributed by atoms with Crippen molar-refractivity contribution in [1.82, 2.24) is 0 Å². The van der Waals surface area contributed by atoms with Crippen molar-refractivity contribution in [1.29, 1.82) is 0 Å². The summed E-state index contributed by atoms with van der Waals surface area (Å²) in [7, 11) is 0. The first-order chi connectivity index (χ1) is 9.05. The van der Waals surface area contributed by atoms with Crippen molar-refractivity contribution in [3.8, 4) is 0 Å². The van der Waals surface area contributed by atoms with Crippen molar-refractivity contribution in [3.05, 3.63) is 36.3 Å². The van der Waals surface area contributed by atoms with Gasteiger partial charge in [0.15, 0.2) is 0 Å². The molecule has 1 saturated heterocycles. The van der Waals surface area contributed by atoms with Gasteiger partial charge in [0.25, 0.3) is 0 Å². The van der Waals surface area contributed by atoms with Gasteiger partial charge in [-0.05, 0) is 37.5 Å². The van der Waals surface area contributed by atoms with Crippen LogP contribution >= 0.6 is 0 Å². The molecule has 2 aliphatic heterocycles. The van der Waals surface area contributed by atoms with Gasteiger partial charge in [-0.2, -0.15) is 0 Å². The predicted molar refractivity (Wildman–Crippen MR) is 68.4 cm³/mol. The molecular formula is C15H18O4. The number of carbonyl (C=O) groups is 1. The Morgan fingerprint density at radius 1 is 1.26 bits per heavy atom. The Hall–Kier alpha value is -1.55. The van der Waals surface area contributed by atoms with E-state index in [4.69, 9.17) is 9.47 Å². The van der Waals surface area contributed by atoms with Gasteiger partial charge in [-0.25, -0.2) is 4.79 Å². The molecule has 1 aromatic heterocycles. The van der Waals surface area contributed by atoms with Gasteiger partial charge in [-0.3, -0.25) is 0 Å². The lowest BCUT2D eigenvalue weighted by atomic mass is 9.67. The zero-order valence-corrected chi connectivity index (χ0v) is 11.2. The second-order valence-electron chi connectivity index (χ2n) is 5.77. The molecule has 4 nitrogen and oxygen atoms in total. The summed E-state index contributed by atoms with van der Waals surface area (Å²) >= 11 is 0. The topological polar surface area (TPSA) is 52.0 Å². The number of fused-ring (bicyclic) bond motifs is 3. The predicted octanol–water partition coefficient (Wildman–Crippen LogP) is 2.71. The van der Waals surface area contributed by atoms with Gasteiger partial charge >= 0.3 is 5.97 Å². The molecule has 1 aliphatic carbocycles. The average molecular weight is 262 g/mol. The molecule has 3 heterocycles. The maximum Gasteiger partial charge on any atom is 0.330 e. The van der Waals surface area contributed by atoms with E-state index < -0.39 is 0 Å². The summed E-state index contributed by atoms with van der Waals surface area (Å²) in [6.07, 6.45) is 7.38. The van der Waals surface area contributed by atoms with E-state index >= 15 is 0 Å². The summed E-state index contributed by atoms with van der Waals surface area (Å²) in [5.74, 6) is -0.213. The minimum atomic E-state index is -0.213. The summed E-state index contributed by atoms with van der Waals surface area (Å²) in [4.78, 5) is 11.2. The van der Waals surface area contributed by atoms with Crippen LogP contribution < -0.4 is 0 Å². The van der Waals surface area contributed by atoms with E-state index in [0.29, 0.717) is 12.7 Å². The second kappa shape index (κ2) is 4.23. The average Bonchev–Trinajstić information content (AvgIpc) is 2.83. The Kier molecular flexibility index (Phi) is 2.78. The van der Waals surface area contributed by atoms with Crippen LogP contribution in [0.5, 0.6) is 0 Å². The quantitative estimate of drug-likeness (QED) is 0.533. The zero-order chi connectivity index (χ0) is 13.5. The Morgan fingerprint density at radius 2 is 2.00 bits per heavy atom.